The Morgan fingerprint density at radius 1 is 1.00 bits per heavy atom. The fraction of sp³-hybridized carbons (Fsp3) is 0.154. The lowest BCUT2D eigenvalue weighted by Crippen LogP contribution is -2.10. The molecule has 0 fully saturated rings. The molecule has 0 amide bonds. The van der Waals surface area contributed by atoms with Crippen molar-refractivity contribution < 1.29 is 19.1 Å². The van der Waals surface area contributed by atoms with E-state index in [9.17, 15) is 9.59 Å². The van der Waals surface area contributed by atoms with Crippen molar-refractivity contribution in [3.8, 4) is 11.5 Å². The Labute approximate surface area is 175 Å². The Morgan fingerprint density at radius 2 is 1.73 bits per heavy atom. The smallest absolute Gasteiger partial charge is 0.343 e. The number of fused-ring (bicyclic) bond motifs is 1. The summed E-state index contributed by atoms with van der Waals surface area (Å²) < 4.78 is 11.3. The molecule has 150 valence electrons. The third-order valence-electron chi connectivity index (χ3n) is 5.12. The van der Waals surface area contributed by atoms with Gasteiger partial charge in [0.25, 0.3) is 0 Å². The fourth-order valence-electron chi connectivity index (χ4n) is 3.32. The molecule has 0 N–H and O–H groups in total. The van der Waals surface area contributed by atoms with Gasteiger partial charge in [-0.15, -0.1) is 0 Å². The molecule has 4 heteroatoms. The van der Waals surface area contributed by atoms with Gasteiger partial charge < -0.3 is 9.47 Å². The van der Waals surface area contributed by atoms with Crippen molar-refractivity contribution in [2.45, 2.75) is 26.7 Å². The molecule has 0 bridgehead atoms. The van der Waals surface area contributed by atoms with Gasteiger partial charge in [-0.05, 0) is 53.8 Å². The van der Waals surface area contributed by atoms with Crippen LogP contribution in [-0.4, -0.2) is 11.8 Å². The summed E-state index contributed by atoms with van der Waals surface area (Å²) in [6.07, 6.45) is 1.73. The van der Waals surface area contributed by atoms with Gasteiger partial charge in [0.1, 0.15) is 11.5 Å². The number of carbonyl (C=O) groups is 2. The zero-order valence-corrected chi connectivity index (χ0v) is 17.1. The van der Waals surface area contributed by atoms with Crippen molar-refractivity contribution in [2.24, 2.45) is 0 Å². The standard InChI is InChI=1S/C26H22O4/c1-16(2)19-10-8-18(9-11-19)14-24-25(27)22-13-12-20(15-23(22)30-24)29-26(28)21-7-5-4-6-17(21)3/h4-16H,1-3H3/b24-14-. The highest BCUT2D eigenvalue weighted by atomic mass is 16.5. The monoisotopic (exact) mass is 398 g/mol. The van der Waals surface area contributed by atoms with Crippen LogP contribution in [0.1, 0.15) is 57.2 Å². The van der Waals surface area contributed by atoms with E-state index in [0.717, 1.165) is 11.1 Å². The summed E-state index contributed by atoms with van der Waals surface area (Å²) >= 11 is 0. The first-order chi connectivity index (χ1) is 14.4. The molecule has 1 aliphatic heterocycles. The Balaban J connectivity index is 1.54. The van der Waals surface area contributed by atoms with Gasteiger partial charge in [-0.3, -0.25) is 4.79 Å². The maximum absolute atomic E-state index is 12.7. The van der Waals surface area contributed by atoms with Crippen molar-refractivity contribution >= 4 is 17.8 Å². The van der Waals surface area contributed by atoms with Gasteiger partial charge in [-0.2, -0.15) is 0 Å². The summed E-state index contributed by atoms with van der Waals surface area (Å²) in [4.78, 5) is 25.1. The van der Waals surface area contributed by atoms with Gasteiger partial charge in [0.2, 0.25) is 5.78 Å². The highest BCUT2D eigenvalue weighted by molar-refractivity contribution is 6.14. The Morgan fingerprint density at radius 3 is 2.43 bits per heavy atom. The van der Waals surface area contributed by atoms with E-state index in [1.165, 1.54) is 5.56 Å². The van der Waals surface area contributed by atoms with Crippen LogP contribution >= 0.6 is 0 Å². The second-order valence-corrected chi connectivity index (χ2v) is 7.62. The SMILES string of the molecule is Cc1ccccc1C(=O)Oc1ccc2c(c1)O/C(=C\c1ccc(C(C)C)cc1)C2=O. The van der Waals surface area contributed by atoms with Gasteiger partial charge >= 0.3 is 5.97 Å². The Bertz CT molecular complexity index is 1150. The highest BCUT2D eigenvalue weighted by Crippen LogP contribution is 2.35. The molecule has 0 unspecified atom stereocenters. The van der Waals surface area contributed by atoms with Gasteiger partial charge in [-0.1, -0.05) is 56.3 Å². The average molecular weight is 398 g/mol. The quantitative estimate of drug-likeness (QED) is 0.309. The molecule has 0 radical (unpaired) electrons. The number of esters is 1. The summed E-state index contributed by atoms with van der Waals surface area (Å²) in [5, 5.41) is 0. The highest BCUT2D eigenvalue weighted by Gasteiger charge is 2.28. The van der Waals surface area contributed by atoms with Crippen molar-refractivity contribution in [1.82, 2.24) is 0 Å². The first-order valence-corrected chi connectivity index (χ1v) is 9.88. The van der Waals surface area contributed by atoms with Crippen LogP contribution in [0.5, 0.6) is 11.5 Å². The molecule has 0 aromatic heterocycles. The molecule has 3 aromatic rings. The lowest BCUT2D eigenvalue weighted by Gasteiger charge is -2.07. The van der Waals surface area contributed by atoms with Crippen molar-refractivity contribution in [3.05, 3.63) is 100 Å². The van der Waals surface area contributed by atoms with Gasteiger partial charge in [-0.25, -0.2) is 4.79 Å². The third-order valence-corrected chi connectivity index (χ3v) is 5.12. The zero-order chi connectivity index (χ0) is 21.3. The second kappa shape index (κ2) is 7.99. The normalized spacial score (nSPS) is 14.0. The molecule has 4 nitrogen and oxygen atoms in total. The fourth-order valence-corrected chi connectivity index (χ4v) is 3.32. The number of ether oxygens (including phenoxy) is 2. The number of hydrogen-bond donors (Lipinski definition) is 0. The number of rotatable bonds is 4. The van der Waals surface area contributed by atoms with Crippen LogP contribution in [0, 0.1) is 6.92 Å². The van der Waals surface area contributed by atoms with Crippen LogP contribution in [-0.2, 0) is 0 Å². The molecule has 4 rings (SSSR count). The predicted octanol–water partition coefficient (Wildman–Crippen LogP) is 5.95. The molecule has 30 heavy (non-hydrogen) atoms. The maximum Gasteiger partial charge on any atom is 0.343 e. The van der Waals surface area contributed by atoms with Crippen molar-refractivity contribution in [2.75, 3.05) is 0 Å². The summed E-state index contributed by atoms with van der Waals surface area (Å²) in [5.41, 5.74) is 3.92. The number of ketones is 1. The summed E-state index contributed by atoms with van der Waals surface area (Å²) in [6, 6.07) is 20.1. The molecular formula is C26H22O4. The molecule has 3 aromatic carbocycles. The molecule has 0 spiro atoms. The molecule has 1 heterocycles. The number of aryl methyl sites for hydroxylation is 1. The van der Waals surface area contributed by atoms with Crippen molar-refractivity contribution in [1.29, 1.82) is 0 Å². The topological polar surface area (TPSA) is 52.6 Å². The number of Topliss-reactive ketones (excluding diaryl/α,β-unsaturated/α-hetero) is 1. The number of benzene rings is 3. The van der Waals surface area contributed by atoms with E-state index in [1.807, 2.05) is 43.3 Å². The summed E-state index contributed by atoms with van der Waals surface area (Å²) in [7, 11) is 0. The van der Waals surface area contributed by atoms with Crippen LogP contribution < -0.4 is 9.47 Å². The number of hydrogen-bond acceptors (Lipinski definition) is 4. The first kappa shape index (κ1) is 19.6. The second-order valence-electron chi connectivity index (χ2n) is 7.62. The van der Waals surface area contributed by atoms with E-state index in [2.05, 4.69) is 13.8 Å². The summed E-state index contributed by atoms with van der Waals surface area (Å²) in [6.45, 7) is 6.13. The molecule has 0 saturated heterocycles. The first-order valence-electron chi connectivity index (χ1n) is 9.88. The van der Waals surface area contributed by atoms with Crippen LogP contribution in [0.25, 0.3) is 6.08 Å². The average Bonchev–Trinajstić information content (AvgIpc) is 3.03. The minimum atomic E-state index is -0.446. The zero-order valence-electron chi connectivity index (χ0n) is 17.1. The van der Waals surface area contributed by atoms with Crippen LogP contribution in [0.15, 0.2) is 72.5 Å². The van der Waals surface area contributed by atoms with E-state index in [0.29, 0.717) is 28.5 Å². The van der Waals surface area contributed by atoms with Crippen LogP contribution in [0.2, 0.25) is 0 Å². The van der Waals surface area contributed by atoms with E-state index in [-0.39, 0.29) is 11.5 Å². The van der Waals surface area contributed by atoms with E-state index < -0.39 is 5.97 Å². The number of allylic oxidation sites excluding steroid dienone is 1. The maximum atomic E-state index is 12.7. The lowest BCUT2D eigenvalue weighted by atomic mass is 10.0. The van der Waals surface area contributed by atoms with Gasteiger partial charge in [0.15, 0.2) is 5.76 Å². The van der Waals surface area contributed by atoms with Gasteiger partial charge in [0, 0.05) is 6.07 Å². The lowest BCUT2D eigenvalue weighted by molar-refractivity contribution is 0.0733. The number of carbonyl (C=O) groups excluding carboxylic acids is 2. The summed E-state index contributed by atoms with van der Waals surface area (Å²) in [5.74, 6) is 0.788. The third kappa shape index (κ3) is 3.90. The largest absolute Gasteiger partial charge is 0.452 e. The van der Waals surface area contributed by atoms with E-state index >= 15 is 0 Å². The minimum Gasteiger partial charge on any atom is -0.452 e. The molecular weight excluding hydrogens is 376 g/mol. The minimum absolute atomic E-state index is 0.185. The van der Waals surface area contributed by atoms with Gasteiger partial charge in [0.05, 0.1) is 11.1 Å². The van der Waals surface area contributed by atoms with Crippen LogP contribution in [0.4, 0.5) is 0 Å². The molecule has 0 atom stereocenters. The molecule has 1 aliphatic rings. The Kier molecular flexibility index (Phi) is 5.23. The van der Waals surface area contributed by atoms with E-state index in [1.54, 1.807) is 36.4 Å². The van der Waals surface area contributed by atoms with Crippen LogP contribution in [0.3, 0.4) is 0 Å². The Hall–Kier alpha value is -3.66. The molecule has 0 saturated carbocycles. The van der Waals surface area contributed by atoms with E-state index in [4.69, 9.17) is 9.47 Å². The van der Waals surface area contributed by atoms with Crippen molar-refractivity contribution in [3.63, 3.8) is 0 Å². The molecule has 0 aliphatic carbocycles. The predicted molar refractivity (Wildman–Crippen MR) is 116 cm³/mol.